The zero-order valence-electron chi connectivity index (χ0n) is 11.0. The third-order valence-electron chi connectivity index (χ3n) is 3.63. The molecule has 0 saturated carbocycles. The summed E-state index contributed by atoms with van der Waals surface area (Å²) in [5.41, 5.74) is 1.84. The first-order valence-electron chi connectivity index (χ1n) is 6.52. The highest BCUT2D eigenvalue weighted by atomic mass is 16.6. The number of aromatic nitrogens is 1. The van der Waals surface area contributed by atoms with Crippen LogP contribution in [0, 0.1) is 5.92 Å². The van der Waals surface area contributed by atoms with E-state index in [1.54, 1.807) is 30.5 Å². The normalized spacial score (nSPS) is 23.0. The molecule has 1 aromatic carbocycles. The van der Waals surface area contributed by atoms with Crippen molar-refractivity contribution >= 4 is 5.97 Å². The highest BCUT2D eigenvalue weighted by Crippen LogP contribution is 2.33. The van der Waals surface area contributed by atoms with Crippen LogP contribution in [0.1, 0.15) is 34.6 Å². The smallest absolute Gasteiger partial charge is 0.338 e. The maximum atomic E-state index is 12.0. The van der Waals surface area contributed by atoms with Crippen LogP contribution in [-0.2, 0) is 11.2 Å². The summed E-state index contributed by atoms with van der Waals surface area (Å²) in [7, 11) is 0. The van der Waals surface area contributed by atoms with Crippen molar-refractivity contribution in [3.05, 3.63) is 53.7 Å². The SMILES string of the molecule is C[C@@H](Cc1cocn1)[C@@H]1OC(=O)c2ccccc2[C@H]1O. The Hall–Kier alpha value is -2.14. The van der Waals surface area contributed by atoms with Crippen molar-refractivity contribution in [1.82, 2.24) is 4.98 Å². The van der Waals surface area contributed by atoms with E-state index >= 15 is 0 Å². The summed E-state index contributed by atoms with van der Waals surface area (Å²) >= 11 is 0. The first-order valence-corrected chi connectivity index (χ1v) is 6.52. The molecular weight excluding hydrogens is 258 g/mol. The minimum atomic E-state index is -0.814. The van der Waals surface area contributed by atoms with Gasteiger partial charge in [-0.2, -0.15) is 0 Å². The molecule has 0 spiro atoms. The highest BCUT2D eigenvalue weighted by Gasteiger charge is 2.37. The molecule has 2 aromatic rings. The van der Waals surface area contributed by atoms with Gasteiger partial charge in [0.1, 0.15) is 18.5 Å². The van der Waals surface area contributed by atoms with E-state index in [4.69, 9.17) is 9.15 Å². The minimum absolute atomic E-state index is 0.0626. The van der Waals surface area contributed by atoms with Gasteiger partial charge in [0.15, 0.2) is 6.39 Å². The molecule has 1 aliphatic heterocycles. The number of carbonyl (C=O) groups excluding carboxylic acids is 1. The van der Waals surface area contributed by atoms with Gasteiger partial charge < -0.3 is 14.3 Å². The summed E-state index contributed by atoms with van der Waals surface area (Å²) in [4.78, 5) is 16.0. The van der Waals surface area contributed by atoms with Gasteiger partial charge in [0.05, 0.1) is 11.3 Å². The van der Waals surface area contributed by atoms with Crippen LogP contribution in [0.4, 0.5) is 0 Å². The Kier molecular flexibility index (Phi) is 3.28. The van der Waals surface area contributed by atoms with Gasteiger partial charge >= 0.3 is 5.97 Å². The number of hydrogen-bond donors (Lipinski definition) is 1. The van der Waals surface area contributed by atoms with Crippen LogP contribution in [0.3, 0.4) is 0 Å². The molecule has 5 nitrogen and oxygen atoms in total. The number of oxazole rings is 1. The fourth-order valence-corrected chi connectivity index (χ4v) is 2.58. The van der Waals surface area contributed by atoms with Crippen LogP contribution < -0.4 is 0 Å². The van der Waals surface area contributed by atoms with Crippen molar-refractivity contribution in [2.24, 2.45) is 5.92 Å². The highest BCUT2D eigenvalue weighted by molar-refractivity contribution is 5.92. The van der Waals surface area contributed by atoms with Gasteiger partial charge in [0, 0.05) is 5.92 Å². The summed E-state index contributed by atoms with van der Waals surface area (Å²) in [6.07, 6.45) is 2.11. The van der Waals surface area contributed by atoms with Crippen LogP contribution >= 0.6 is 0 Å². The van der Waals surface area contributed by atoms with Gasteiger partial charge in [-0.05, 0) is 18.1 Å². The molecule has 1 aliphatic rings. The number of ether oxygens (including phenoxy) is 1. The van der Waals surface area contributed by atoms with E-state index in [-0.39, 0.29) is 11.9 Å². The van der Waals surface area contributed by atoms with Crippen molar-refractivity contribution in [3.63, 3.8) is 0 Å². The lowest BCUT2D eigenvalue weighted by atomic mass is 9.87. The lowest BCUT2D eigenvalue weighted by molar-refractivity contribution is -0.0509. The molecule has 1 N–H and O–H groups in total. The van der Waals surface area contributed by atoms with Gasteiger partial charge in [-0.3, -0.25) is 0 Å². The number of fused-ring (bicyclic) bond motifs is 1. The van der Waals surface area contributed by atoms with Crippen LogP contribution in [0.15, 0.2) is 41.3 Å². The van der Waals surface area contributed by atoms with Crippen molar-refractivity contribution < 1.29 is 19.1 Å². The van der Waals surface area contributed by atoms with E-state index in [2.05, 4.69) is 4.98 Å². The van der Waals surface area contributed by atoms with Gasteiger partial charge in [0.25, 0.3) is 0 Å². The Balaban J connectivity index is 1.83. The van der Waals surface area contributed by atoms with Crippen molar-refractivity contribution in [3.8, 4) is 0 Å². The lowest BCUT2D eigenvalue weighted by Gasteiger charge is -2.33. The lowest BCUT2D eigenvalue weighted by Crippen LogP contribution is -2.37. The summed E-state index contributed by atoms with van der Waals surface area (Å²) in [5, 5.41) is 10.4. The summed E-state index contributed by atoms with van der Waals surface area (Å²) < 4.78 is 10.3. The van der Waals surface area contributed by atoms with Crippen molar-refractivity contribution in [2.75, 3.05) is 0 Å². The summed E-state index contributed by atoms with van der Waals surface area (Å²) in [6, 6.07) is 6.99. The summed E-state index contributed by atoms with van der Waals surface area (Å²) in [5.74, 6) is -0.449. The topological polar surface area (TPSA) is 72.6 Å². The van der Waals surface area contributed by atoms with Crippen LogP contribution in [0.5, 0.6) is 0 Å². The molecule has 104 valence electrons. The second-order valence-corrected chi connectivity index (χ2v) is 5.06. The molecular formula is C15H15NO4. The average molecular weight is 273 g/mol. The average Bonchev–Trinajstić information content (AvgIpc) is 2.95. The number of benzene rings is 1. The fourth-order valence-electron chi connectivity index (χ4n) is 2.58. The maximum absolute atomic E-state index is 12.0. The standard InChI is InChI=1S/C15H15NO4/c1-9(6-10-7-19-8-16-10)14-13(17)11-4-2-3-5-12(11)15(18)20-14/h2-5,7-9,13-14,17H,6H2,1H3/t9-,13+,14-/m0/s1. The quantitative estimate of drug-likeness (QED) is 0.867. The maximum Gasteiger partial charge on any atom is 0.338 e. The number of hydrogen-bond acceptors (Lipinski definition) is 5. The molecule has 20 heavy (non-hydrogen) atoms. The Bertz CT molecular complexity index is 608. The van der Waals surface area contributed by atoms with Crippen LogP contribution in [0.2, 0.25) is 0 Å². The molecule has 0 saturated heterocycles. The molecule has 0 aliphatic carbocycles. The largest absolute Gasteiger partial charge is 0.455 e. The minimum Gasteiger partial charge on any atom is -0.455 e. The van der Waals surface area contributed by atoms with E-state index in [9.17, 15) is 9.90 Å². The third-order valence-corrected chi connectivity index (χ3v) is 3.63. The first kappa shape index (κ1) is 12.9. The predicted octanol–water partition coefficient (Wildman–Crippen LogP) is 2.13. The first-order chi connectivity index (χ1) is 9.66. The molecule has 2 heterocycles. The predicted molar refractivity (Wildman–Crippen MR) is 70.0 cm³/mol. The van der Waals surface area contributed by atoms with Crippen molar-refractivity contribution in [1.29, 1.82) is 0 Å². The van der Waals surface area contributed by atoms with Crippen LogP contribution in [-0.4, -0.2) is 22.2 Å². The number of carbonyl (C=O) groups is 1. The molecule has 3 atom stereocenters. The van der Waals surface area contributed by atoms with E-state index in [0.717, 1.165) is 5.69 Å². The van der Waals surface area contributed by atoms with Gasteiger partial charge in [-0.25, -0.2) is 9.78 Å². The zero-order valence-corrected chi connectivity index (χ0v) is 11.0. The molecule has 1 aromatic heterocycles. The number of rotatable bonds is 3. The van der Waals surface area contributed by atoms with E-state index in [0.29, 0.717) is 17.5 Å². The molecule has 3 rings (SSSR count). The monoisotopic (exact) mass is 273 g/mol. The third kappa shape index (κ3) is 2.20. The molecule has 0 bridgehead atoms. The Morgan fingerprint density at radius 3 is 2.95 bits per heavy atom. The number of aliphatic hydroxyl groups excluding tert-OH is 1. The molecule has 5 heteroatoms. The van der Waals surface area contributed by atoms with Gasteiger partial charge in [0.2, 0.25) is 0 Å². The number of nitrogens with zero attached hydrogens (tertiary/aromatic N) is 1. The van der Waals surface area contributed by atoms with Gasteiger partial charge in [-0.15, -0.1) is 0 Å². The Morgan fingerprint density at radius 1 is 1.40 bits per heavy atom. The number of aliphatic hydroxyl groups is 1. The second-order valence-electron chi connectivity index (χ2n) is 5.06. The summed E-state index contributed by atoms with van der Waals surface area (Å²) in [6.45, 7) is 1.92. The second kappa shape index (κ2) is 5.09. The molecule has 0 fully saturated rings. The molecule has 0 unspecified atom stereocenters. The van der Waals surface area contributed by atoms with Crippen molar-refractivity contribution in [2.45, 2.75) is 25.6 Å². The van der Waals surface area contributed by atoms with E-state index in [1.807, 2.05) is 6.92 Å². The fraction of sp³-hybridized carbons (Fsp3) is 0.333. The number of cyclic esters (lactones) is 1. The van der Waals surface area contributed by atoms with Crippen LogP contribution in [0.25, 0.3) is 0 Å². The molecule has 0 amide bonds. The Morgan fingerprint density at radius 2 is 2.20 bits per heavy atom. The van der Waals surface area contributed by atoms with E-state index < -0.39 is 12.2 Å². The Labute approximate surface area is 116 Å². The van der Waals surface area contributed by atoms with Gasteiger partial charge in [-0.1, -0.05) is 25.1 Å². The number of esters is 1. The zero-order chi connectivity index (χ0) is 14.1. The molecule has 0 radical (unpaired) electrons. The van der Waals surface area contributed by atoms with E-state index in [1.165, 1.54) is 6.39 Å².